The summed E-state index contributed by atoms with van der Waals surface area (Å²) in [7, 11) is 1.94. The molecule has 1 aliphatic rings. The smallest absolute Gasteiger partial charge is 0.226 e. The molecule has 45 heavy (non-hydrogen) atoms. The zero-order chi connectivity index (χ0) is 33.1. The number of hydrogen-bond acceptors (Lipinski definition) is 12. The fraction of sp³-hybridized carbons (Fsp3) is 0.531. The number of aromatic nitrogens is 2. The van der Waals surface area contributed by atoms with E-state index in [0.717, 1.165) is 60.2 Å². The Hall–Kier alpha value is -3.29. The van der Waals surface area contributed by atoms with Crippen LogP contribution in [0, 0.1) is 11.8 Å². The predicted octanol–water partition coefficient (Wildman–Crippen LogP) is 5.10. The number of aliphatic imine (C=N–C) groups is 1. The summed E-state index contributed by atoms with van der Waals surface area (Å²) in [4.78, 5) is 34.7. The molecule has 1 saturated carbocycles. The molecule has 11 nitrogen and oxygen atoms in total. The largest absolute Gasteiger partial charge is 0.494 e. The van der Waals surface area contributed by atoms with Gasteiger partial charge in [0.05, 0.1) is 36.9 Å². The molecule has 0 bridgehead atoms. The van der Waals surface area contributed by atoms with E-state index in [1.165, 1.54) is 18.2 Å². The van der Waals surface area contributed by atoms with E-state index in [4.69, 9.17) is 9.47 Å². The van der Waals surface area contributed by atoms with Crippen LogP contribution in [0.2, 0.25) is 0 Å². The van der Waals surface area contributed by atoms with Crippen LogP contribution in [0.5, 0.6) is 11.5 Å². The second-order valence-electron chi connectivity index (χ2n) is 9.77. The summed E-state index contributed by atoms with van der Waals surface area (Å²) < 4.78 is 10.7. The van der Waals surface area contributed by atoms with Gasteiger partial charge in [0.25, 0.3) is 0 Å². The second-order valence-corrected chi connectivity index (χ2v) is 11.6. The summed E-state index contributed by atoms with van der Waals surface area (Å²) in [6, 6.07) is 7.13. The number of pyridine rings is 2. The Morgan fingerprint density at radius 1 is 1.07 bits per heavy atom. The lowest BCUT2D eigenvalue weighted by Crippen LogP contribution is -2.28. The second kappa shape index (κ2) is 26.0. The molecular formula is C32H49N7O4S2. The van der Waals surface area contributed by atoms with Gasteiger partial charge in [-0.15, -0.1) is 16.9 Å². The lowest BCUT2D eigenvalue weighted by atomic mass is 9.82. The lowest BCUT2D eigenvalue weighted by Gasteiger charge is -2.28. The Balaban J connectivity index is 0.000000488. The number of hydrogen-bond donors (Lipinski definition) is 2. The summed E-state index contributed by atoms with van der Waals surface area (Å²) in [5.41, 5.74) is 1.43. The third-order valence-corrected chi connectivity index (χ3v) is 7.88. The summed E-state index contributed by atoms with van der Waals surface area (Å²) in [6.45, 7) is 12.9. The zero-order valence-electron chi connectivity index (χ0n) is 27.1. The molecule has 2 N–H and O–H groups in total. The van der Waals surface area contributed by atoms with Gasteiger partial charge >= 0.3 is 0 Å². The van der Waals surface area contributed by atoms with Crippen molar-refractivity contribution in [3.63, 3.8) is 0 Å². The number of thioether (sulfide) groups is 2. The number of carbonyl (C=O) groups excluding carboxylic acids is 2. The summed E-state index contributed by atoms with van der Waals surface area (Å²) in [5, 5.41) is 14.8. The van der Waals surface area contributed by atoms with Gasteiger partial charge in [0.1, 0.15) is 22.8 Å². The van der Waals surface area contributed by atoms with Crippen LogP contribution in [0.4, 0.5) is 0 Å². The number of aldehydes is 1. The first kappa shape index (κ1) is 39.7. The van der Waals surface area contributed by atoms with E-state index < -0.39 is 0 Å². The van der Waals surface area contributed by atoms with Crippen molar-refractivity contribution in [2.24, 2.45) is 27.0 Å². The molecule has 0 aliphatic heterocycles. The summed E-state index contributed by atoms with van der Waals surface area (Å²) in [5.74, 6) is 3.80. The van der Waals surface area contributed by atoms with E-state index >= 15 is 0 Å². The molecule has 0 saturated heterocycles. The number of nitrogens with one attached hydrogen (secondary N) is 2. The van der Waals surface area contributed by atoms with Crippen LogP contribution in [-0.4, -0.2) is 85.5 Å². The maximum Gasteiger partial charge on any atom is 0.226 e. The van der Waals surface area contributed by atoms with Gasteiger partial charge in [-0.05, 0) is 71.2 Å². The molecule has 0 spiro atoms. The van der Waals surface area contributed by atoms with Crippen molar-refractivity contribution >= 4 is 54.2 Å². The van der Waals surface area contributed by atoms with Gasteiger partial charge in [-0.2, -0.15) is 5.10 Å². The third kappa shape index (κ3) is 18.3. The number of nitrogens with zero attached hydrogens (tertiary/aromatic N) is 5. The standard InChI is InChI=1S/C20H29N5O2S.C9H11NO2.C3H9NS/c1-4-27-18-8-9-23-17(11-18)12-19(26)24-14-28-20(25-22-3)16-7-5-6-15(10-16)13-21-2;1-2-12-9-3-5-10-8(7-9)4-6-11;1-4-3-5-2/h8-9,11,15-16H,2-7,10,12-14H2,1H3,(H,24,26);3,5-7H,2,4H2,1H3;4H,3H2,1-2H3/b25-20-;;/t15-,16?;;/m0../s1. The van der Waals surface area contributed by atoms with Crippen LogP contribution in [0.25, 0.3) is 0 Å². The van der Waals surface area contributed by atoms with Crippen LogP contribution >= 0.6 is 23.5 Å². The lowest BCUT2D eigenvalue weighted by molar-refractivity contribution is -0.120. The minimum absolute atomic E-state index is 0.0862. The Kier molecular flexibility index (Phi) is 22.9. The third-order valence-electron chi connectivity index (χ3n) is 6.30. The van der Waals surface area contributed by atoms with Gasteiger partial charge in [-0.3, -0.25) is 14.8 Å². The molecular weight excluding hydrogens is 611 g/mol. The normalized spacial score (nSPS) is 15.7. The molecule has 1 fully saturated rings. The molecule has 1 amide bonds. The number of rotatable bonds is 16. The first-order chi connectivity index (χ1) is 21.9. The topological polar surface area (TPSA) is 140 Å². The highest BCUT2D eigenvalue weighted by atomic mass is 32.2. The van der Waals surface area contributed by atoms with Crippen LogP contribution in [0.3, 0.4) is 0 Å². The van der Waals surface area contributed by atoms with Gasteiger partial charge in [-0.25, -0.2) is 0 Å². The van der Waals surface area contributed by atoms with Crippen molar-refractivity contribution in [2.75, 3.05) is 44.8 Å². The van der Waals surface area contributed by atoms with Crippen molar-refractivity contribution < 1.29 is 19.1 Å². The highest BCUT2D eigenvalue weighted by Crippen LogP contribution is 2.33. The average molecular weight is 660 g/mol. The molecule has 0 radical (unpaired) electrons. The summed E-state index contributed by atoms with van der Waals surface area (Å²) in [6.07, 6.45) is 11.2. The first-order valence-electron chi connectivity index (χ1n) is 15.0. The quantitative estimate of drug-likeness (QED) is 0.0829. The van der Waals surface area contributed by atoms with Gasteiger partial charge < -0.3 is 29.9 Å². The SMILES string of the molecule is C=NC[C@H]1CCCC(/C(=N/N=C)SCNC(=O)Cc2cc(OCC)ccn2)C1.CCOc1ccnc(CC=O)c1.CNCSC. The van der Waals surface area contributed by atoms with E-state index in [9.17, 15) is 9.59 Å². The highest BCUT2D eigenvalue weighted by Gasteiger charge is 2.26. The van der Waals surface area contributed by atoms with E-state index in [1.54, 1.807) is 48.4 Å². The number of carbonyl (C=O) groups is 2. The van der Waals surface area contributed by atoms with Crippen molar-refractivity contribution in [3.8, 4) is 11.5 Å². The molecule has 2 atom stereocenters. The number of amides is 1. The van der Waals surface area contributed by atoms with Gasteiger partial charge in [0.15, 0.2) is 0 Å². The van der Waals surface area contributed by atoms with E-state index in [1.807, 2.05) is 20.9 Å². The van der Waals surface area contributed by atoms with Gasteiger partial charge in [0, 0.05) is 56.0 Å². The number of ether oxygens (including phenoxy) is 2. The Bertz CT molecular complexity index is 1170. The van der Waals surface area contributed by atoms with Gasteiger partial charge in [-0.1, -0.05) is 18.2 Å². The van der Waals surface area contributed by atoms with Crippen LogP contribution in [0.15, 0.2) is 51.9 Å². The Morgan fingerprint density at radius 2 is 1.73 bits per heavy atom. The van der Waals surface area contributed by atoms with Crippen LogP contribution < -0.4 is 20.1 Å². The molecule has 2 aromatic rings. The maximum atomic E-state index is 12.2. The van der Waals surface area contributed by atoms with Crippen LogP contribution in [0.1, 0.15) is 50.9 Å². The van der Waals surface area contributed by atoms with E-state index in [0.29, 0.717) is 43.0 Å². The average Bonchev–Trinajstić information content (AvgIpc) is 3.03. The summed E-state index contributed by atoms with van der Waals surface area (Å²) >= 11 is 3.31. The molecule has 248 valence electrons. The van der Waals surface area contributed by atoms with E-state index in [2.05, 4.69) is 55.5 Å². The maximum absolute atomic E-state index is 12.2. The fourth-order valence-electron chi connectivity index (χ4n) is 4.44. The zero-order valence-corrected chi connectivity index (χ0v) is 28.7. The van der Waals surface area contributed by atoms with Gasteiger partial charge in [0.2, 0.25) is 5.91 Å². The van der Waals surface area contributed by atoms with Crippen molar-refractivity contribution in [2.45, 2.75) is 52.4 Å². The molecule has 1 unspecified atom stereocenters. The monoisotopic (exact) mass is 659 g/mol. The Labute approximate surface area is 277 Å². The fourth-order valence-corrected chi connectivity index (χ4v) is 5.68. The minimum atomic E-state index is -0.0862. The predicted molar refractivity (Wildman–Crippen MR) is 189 cm³/mol. The Morgan fingerprint density at radius 3 is 2.29 bits per heavy atom. The molecule has 3 rings (SSSR count). The van der Waals surface area contributed by atoms with Crippen molar-refractivity contribution in [1.29, 1.82) is 0 Å². The van der Waals surface area contributed by atoms with E-state index in [-0.39, 0.29) is 12.3 Å². The van der Waals surface area contributed by atoms with Crippen molar-refractivity contribution in [1.82, 2.24) is 20.6 Å². The minimum Gasteiger partial charge on any atom is -0.494 e. The molecule has 0 aromatic carbocycles. The van der Waals surface area contributed by atoms with Crippen molar-refractivity contribution in [3.05, 3.63) is 48.0 Å². The molecule has 13 heteroatoms. The first-order valence-corrected chi connectivity index (χ1v) is 17.4. The molecule has 1 aliphatic carbocycles. The molecule has 2 aromatic heterocycles. The molecule has 2 heterocycles. The highest BCUT2D eigenvalue weighted by molar-refractivity contribution is 8.13. The van der Waals surface area contributed by atoms with Crippen LogP contribution in [-0.2, 0) is 22.4 Å².